The van der Waals surface area contributed by atoms with Crippen LogP contribution in [0.1, 0.15) is 40.5 Å². The maximum atomic E-state index is 6.37. The standard InChI is InChI=1S/C14H24ClN3O/c1-5-11(6-2)12(15)9-17-14-16-8-7-13(18-14)19-10(3)4/h7-8,10-12H,5-6,9H2,1-4H3,(H,16,17,18). The monoisotopic (exact) mass is 285 g/mol. The molecule has 5 heteroatoms. The summed E-state index contributed by atoms with van der Waals surface area (Å²) in [6.07, 6.45) is 3.97. The molecule has 19 heavy (non-hydrogen) atoms. The van der Waals surface area contributed by atoms with Crippen LogP contribution < -0.4 is 10.1 Å². The Morgan fingerprint density at radius 1 is 1.32 bits per heavy atom. The van der Waals surface area contributed by atoms with Crippen LogP contribution in [0.4, 0.5) is 5.95 Å². The lowest BCUT2D eigenvalue weighted by Gasteiger charge is -2.19. The first-order valence-electron chi connectivity index (χ1n) is 6.94. The lowest BCUT2D eigenvalue weighted by Crippen LogP contribution is -2.23. The van der Waals surface area contributed by atoms with Crippen LogP contribution in [-0.2, 0) is 0 Å². The molecule has 1 rings (SSSR count). The molecule has 4 nitrogen and oxygen atoms in total. The number of nitrogens with zero attached hydrogens (tertiary/aromatic N) is 2. The summed E-state index contributed by atoms with van der Waals surface area (Å²) < 4.78 is 5.53. The summed E-state index contributed by atoms with van der Waals surface area (Å²) in [6, 6.07) is 1.75. The number of hydrogen-bond donors (Lipinski definition) is 1. The van der Waals surface area contributed by atoms with E-state index in [-0.39, 0.29) is 11.5 Å². The van der Waals surface area contributed by atoms with E-state index in [1.54, 1.807) is 12.3 Å². The molecule has 0 aliphatic heterocycles. The molecule has 0 bridgehead atoms. The van der Waals surface area contributed by atoms with E-state index in [9.17, 15) is 0 Å². The first kappa shape index (κ1) is 16.0. The summed E-state index contributed by atoms with van der Waals surface area (Å²) in [5.74, 6) is 1.67. The Morgan fingerprint density at radius 3 is 2.58 bits per heavy atom. The average molecular weight is 286 g/mol. The van der Waals surface area contributed by atoms with Crippen molar-refractivity contribution in [3.8, 4) is 5.88 Å². The van der Waals surface area contributed by atoms with E-state index in [0.717, 1.165) is 12.8 Å². The zero-order valence-corrected chi connectivity index (χ0v) is 12.9. The van der Waals surface area contributed by atoms with E-state index in [4.69, 9.17) is 16.3 Å². The molecule has 1 N–H and O–H groups in total. The molecule has 1 aromatic rings. The molecule has 1 atom stereocenters. The lowest BCUT2D eigenvalue weighted by molar-refractivity contribution is 0.232. The van der Waals surface area contributed by atoms with Crippen molar-refractivity contribution >= 4 is 17.5 Å². The highest BCUT2D eigenvalue weighted by Crippen LogP contribution is 2.19. The Kier molecular flexibility index (Phi) is 6.92. The zero-order valence-electron chi connectivity index (χ0n) is 12.2. The van der Waals surface area contributed by atoms with Gasteiger partial charge in [0.1, 0.15) is 0 Å². The number of nitrogens with one attached hydrogen (secondary N) is 1. The highest BCUT2D eigenvalue weighted by Gasteiger charge is 2.15. The highest BCUT2D eigenvalue weighted by molar-refractivity contribution is 6.21. The molecular weight excluding hydrogens is 262 g/mol. The van der Waals surface area contributed by atoms with Gasteiger partial charge < -0.3 is 10.1 Å². The van der Waals surface area contributed by atoms with Crippen LogP contribution in [0.5, 0.6) is 5.88 Å². The van der Waals surface area contributed by atoms with Gasteiger partial charge in [0.25, 0.3) is 0 Å². The van der Waals surface area contributed by atoms with Gasteiger partial charge in [-0.2, -0.15) is 4.98 Å². The zero-order chi connectivity index (χ0) is 14.3. The van der Waals surface area contributed by atoms with Crippen LogP contribution in [-0.4, -0.2) is 28.0 Å². The van der Waals surface area contributed by atoms with Crippen molar-refractivity contribution < 1.29 is 4.74 Å². The fourth-order valence-corrected chi connectivity index (χ4v) is 2.32. The molecule has 0 aliphatic carbocycles. The van der Waals surface area contributed by atoms with E-state index in [1.807, 2.05) is 13.8 Å². The quantitative estimate of drug-likeness (QED) is 0.740. The van der Waals surface area contributed by atoms with Crippen LogP contribution >= 0.6 is 11.6 Å². The van der Waals surface area contributed by atoms with E-state index in [0.29, 0.717) is 24.3 Å². The predicted molar refractivity (Wildman–Crippen MR) is 80.0 cm³/mol. The third-order valence-corrected chi connectivity index (χ3v) is 3.51. The summed E-state index contributed by atoms with van der Waals surface area (Å²) in [5, 5.41) is 3.26. The fraction of sp³-hybridized carbons (Fsp3) is 0.714. The Balaban J connectivity index is 2.53. The molecule has 0 fully saturated rings. The van der Waals surface area contributed by atoms with Gasteiger partial charge in [-0.1, -0.05) is 26.7 Å². The van der Waals surface area contributed by atoms with Crippen molar-refractivity contribution in [3.63, 3.8) is 0 Å². The van der Waals surface area contributed by atoms with E-state index < -0.39 is 0 Å². The molecular formula is C14H24ClN3O. The van der Waals surface area contributed by atoms with Gasteiger partial charge in [-0.25, -0.2) is 4.98 Å². The fourth-order valence-electron chi connectivity index (χ4n) is 1.89. The van der Waals surface area contributed by atoms with Gasteiger partial charge in [0.05, 0.1) is 11.5 Å². The van der Waals surface area contributed by atoms with Crippen LogP contribution in [0.3, 0.4) is 0 Å². The van der Waals surface area contributed by atoms with E-state index >= 15 is 0 Å². The van der Waals surface area contributed by atoms with E-state index in [1.165, 1.54) is 0 Å². The minimum Gasteiger partial charge on any atom is -0.475 e. The van der Waals surface area contributed by atoms with Gasteiger partial charge >= 0.3 is 0 Å². The van der Waals surface area contributed by atoms with Crippen molar-refractivity contribution in [3.05, 3.63) is 12.3 Å². The second-order valence-corrected chi connectivity index (χ2v) is 5.42. The summed E-state index contributed by atoms with van der Waals surface area (Å²) in [4.78, 5) is 8.46. The first-order chi connectivity index (χ1) is 9.06. The minimum atomic E-state index is 0.0910. The summed E-state index contributed by atoms with van der Waals surface area (Å²) >= 11 is 6.37. The number of hydrogen-bond acceptors (Lipinski definition) is 4. The second-order valence-electron chi connectivity index (χ2n) is 4.86. The Morgan fingerprint density at radius 2 is 2.00 bits per heavy atom. The summed E-state index contributed by atoms with van der Waals surface area (Å²) in [5.41, 5.74) is 0. The Bertz CT molecular complexity index is 369. The van der Waals surface area contributed by atoms with Gasteiger partial charge in [0.2, 0.25) is 11.8 Å². The maximum Gasteiger partial charge on any atom is 0.225 e. The van der Waals surface area contributed by atoms with Crippen molar-refractivity contribution in [1.29, 1.82) is 0 Å². The summed E-state index contributed by atoms with van der Waals surface area (Å²) in [6.45, 7) is 8.93. The first-order valence-corrected chi connectivity index (χ1v) is 7.38. The third-order valence-electron chi connectivity index (χ3n) is 3.00. The van der Waals surface area contributed by atoms with Gasteiger partial charge in [-0.15, -0.1) is 11.6 Å². The topological polar surface area (TPSA) is 47.0 Å². The van der Waals surface area contributed by atoms with Crippen LogP contribution in [0, 0.1) is 5.92 Å². The molecule has 0 amide bonds. The predicted octanol–water partition coefficient (Wildman–Crippen LogP) is 3.72. The molecule has 0 radical (unpaired) electrons. The molecule has 0 saturated carbocycles. The summed E-state index contributed by atoms with van der Waals surface area (Å²) in [7, 11) is 0. The molecule has 1 unspecified atom stereocenters. The average Bonchev–Trinajstić information content (AvgIpc) is 2.37. The van der Waals surface area contributed by atoms with Crippen LogP contribution in [0.15, 0.2) is 12.3 Å². The molecule has 0 spiro atoms. The van der Waals surface area contributed by atoms with Crippen LogP contribution in [0.25, 0.3) is 0 Å². The Labute approximate surface area is 120 Å². The second kappa shape index (κ2) is 8.20. The minimum absolute atomic E-state index is 0.0910. The number of aromatic nitrogens is 2. The smallest absolute Gasteiger partial charge is 0.225 e. The maximum absolute atomic E-state index is 6.37. The van der Waals surface area contributed by atoms with Crippen molar-refractivity contribution in [2.75, 3.05) is 11.9 Å². The molecule has 0 aromatic carbocycles. The highest BCUT2D eigenvalue weighted by atomic mass is 35.5. The lowest BCUT2D eigenvalue weighted by atomic mass is 9.99. The molecule has 1 heterocycles. The number of halogens is 1. The number of anilines is 1. The molecule has 0 aliphatic rings. The molecule has 108 valence electrons. The number of rotatable bonds is 8. The SMILES string of the molecule is CCC(CC)C(Cl)CNc1nccc(OC(C)C)n1. The van der Waals surface area contributed by atoms with E-state index in [2.05, 4.69) is 29.1 Å². The van der Waals surface area contributed by atoms with Crippen molar-refractivity contribution in [2.24, 2.45) is 5.92 Å². The van der Waals surface area contributed by atoms with Gasteiger partial charge in [0, 0.05) is 18.8 Å². The van der Waals surface area contributed by atoms with Crippen molar-refractivity contribution in [2.45, 2.75) is 52.0 Å². The normalized spacial score (nSPS) is 12.8. The number of alkyl halides is 1. The van der Waals surface area contributed by atoms with Gasteiger partial charge in [-0.3, -0.25) is 0 Å². The Hall–Kier alpha value is -1.03. The number of ether oxygens (including phenoxy) is 1. The largest absolute Gasteiger partial charge is 0.475 e. The molecule has 0 saturated heterocycles. The van der Waals surface area contributed by atoms with Crippen molar-refractivity contribution in [1.82, 2.24) is 9.97 Å². The third kappa shape index (κ3) is 5.64. The molecule has 1 aromatic heterocycles. The van der Waals surface area contributed by atoms with Gasteiger partial charge in [0.15, 0.2) is 0 Å². The van der Waals surface area contributed by atoms with Crippen LogP contribution in [0.2, 0.25) is 0 Å². The van der Waals surface area contributed by atoms with Gasteiger partial charge in [-0.05, 0) is 19.8 Å².